The van der Waals surface area contributed by atoms with E-state index in [2.05, 4.69) is 0 Å². The molecule has 20 heavy (non-hydrogen) atoms. The summed E-state index contributed by atoms with van der Waals surface area (Å²) in [6, 6.07) is 5.83. The molecule has 1 saturated heterocycles. The van der Waals surface area contributed by atoms with Crippen molar-refractivity contribution in [2.24, 2.45) is 0 Å². The molecule has 2 unspecified atom stereocenters. The van der Waals surface area contributed by atoms with Crippen LogP contribution in [0, 0.1) is 0 Å². The van der Waals surface area contributed by atoms with Crippen LogP contribution in [-0.2, 0) is 11.4 Å². The van der Waals surface area contributed by atoms with Gasteiger partial charge in [0, 0.05) is 11.3 Å². The second-order valence-corrected chi connectivity index (χ2v) is 5.83. The lowest BCUT2D eigenvalue weighted by Crippen LogP contribution is -2.45. The number of carbonyl (C=O) groups excluding carboxylic acids is 1. The lowest BCUT2D eigenvalue weighted by molar-refractivity contribution is -0.141. The van der Waals surface area contributed by atoms with Crippen molar-refractivity contribution in [2.45, 2.75) is 31.4 Å². The lowest BCUT2D eigenvalue weighted by Gasteiger charge is -2.26. The number of carboxylic acid groups (broad SMARTS) is 1. The number of benzene rings is 1. The van der Waals surface area contributed by atoms with Crippen LogP contribution in [0.2, 0.25) is 0 Å². The third kappa shape index (κ3) is 2.81. The van der Waals surface area contributed by atoms with Crippen LogP contribution in [-0.4, -0.2) is 44.2 Å². The van der Waals surface area contributed by atoms with Gasteiger partial charge in [0.05, 0.1) is 12.0 Å². The standard InChI is InChI=1S/C14H17NO4S/c1-2-12-15(11(8-20-12)14(18)19)13(17)10-5-3-9(7-16)4-6-10/h3-6,11-12,16H,2,7-8H2,1H3,(H,18,19). The summed E-state index contributed by atoms with van der Waals surface area (Å²) in [6.07, 6.45) is 0.717. The number of carboxylic acids is 1. The first kappa shape index (κ1) is 14.9. The van der Waals surface area contributed by atoms with Gasteiger partial charge >= 0.3 is 5.97 Å². The van der Waals surface area contributed by atoms with Gasteiger partial charge in [-0.1, -0.05) is 19.1 Å². The van der Waals surface area contributed by atoms with E-state index in [1.807, 2.05) is 6.92 Å². The molecule has 0 spiro atoms. The first-order valence-electron chi connectivity index (χ1n) is 6.45. The number of hydrogen-bond acceptors (Lipinski definition) is 4. The molecule has 1 amide bonds. The van der Waals surface area contributed by atoms with E-state index in [4.69, 9.17) is 5.11 Å². The predicted molar refractivity (Wildman–Crippen MR) is 76.5 cm³/mol. The molecule has 0 bridgehead atoms. The quantitative estimate of drug-likeness (QED) is 0.881. The zero-order chi connectivity index (χ0) is 14.7. The molecule has 2 atom stereocenters. The first-order valence-corrected chi connectivity index (χ1v) is 7.50. The van der Waals surface area contributed by atoms with Gasteiger partial charge in [-0.3, -0.25) is 4.79 Å². The van der Waals surface area contributed by atoms with E-state index in [1.165, 1.54) is 16.7 Å². The van der Waals surface area contributed by atoms with Gasteiger partial charge in [0.2, 0.25) is 0 Å². The summed E-state index contributed by atoms with van der Waals surface area (Å²) in [6.45, 7) is 1.86. The third-order valence-electron chi connectivity index (χ3n) is 3.34. The Morgan fingerprint density at radius 3 is 2.50 bits per heavy atom. The molecular formula is C14H17NO4S. The van der Waals surface area contributed by atoms with Crippen LogP contribution in [0.5, 0.6) is 0 Å². The Morgan fingerprint density at radius 1 is 1.35 bits per heavy atom. The molecule has 108 valence electrons. The minimum Gasteiger partial charge on any atom is -0.480 e. The fourth-order valence-electron chi connectivity index (χ4n) is 2.24. The highest BCUT2D eigenvalue weighted by atomic mass is 32.2. The summed E-state index contributed by atoms with van der Waals surface area (Å²) < 4.78 is 0. The highest BCUT2D eigenvalue weighted by molar-refractivity contribution is 8.00. The van der Waals surface area contributed by atoms with Gasteiger partial charge in [0.15, 0.2) is 0 Å². The Kier molecular flexibility index (Phi) is 4.67. The van der Waals surface area contributed by atoms with Crippen LogP contribution in [0.4, 0.5) is 0 Å². The van der Waals surface area contributed by atoms with Gasteiger partial charge in [0.25, 0.3) is 5.91 Å². The maximum absolute atomic E-state index is 12.5. The van der Waals surface area contributed by atoms with Gasteiger partial charge in [-0.05, 0) is 24.1 Å². The molecule has 1 heterocycles. The van der Waals surface area contributed by atoms with Crippen LogP contribution in [0.15, 0.2) is 24.3 Å². The Bertz CT molecular complexity index is 502. The SMILES string of the molecule is CCC1SCC(C(=O)O)N1C(=O)c1ccc(CO)cc1. The Morgan fingerprint density at radius 2 is 2.00 bits per heavy atom. The normalized spacial score (nSPS) is 22.0. The number of aliphatic carboxylic acids is 1. The van der Waals surface area contributed by atoms with Crippen molar-refractivity contribution < 1.29 is 19.8 Å². The average molecular weight is 295 g/mol. The highest BCUT2D eigenvalue weighted by Gasteiger charge is 2.40. The van der Waals surface area contributed by atoms with Gasteiger partial charge in [0.1, 0.15) is 6.04 Å². The van der Waals surface area contributed by atoms with Crippen molar-refractivity contribution in [3.8, 4) is 0 Å². The summed E-state index contributed by atoms with van der Waals surface area (Å²) in [5.41, 5.74) is 1.17. The molecule has 2 rings (SSSR count). The Balaban J connectivity index is 2.25. The van der Waals surface area contributed by atoms with Crippen molar-refractivity contribution in [3.63, 3.8) is 0 Å². The third-order valence-corrected chi connectivity index (χ3v) is 4.80. The minimum atomic E-state index is -0.964. The topological polar surface area (TPSA) is 77.8 Å². The predicted octanol–water partition coefficient (Wildman–Crippen LogP) is 1.56. The highest BCUT2D eigenvalue weighted by Crippen LogP contribution is 2.32. The molecule has 1 aromatic rings. The average Bonchev–Trinajstić information content (AvgIpc) is 2.90. The lowest BCUT2D eigenvalue weighted by atomic mass is 10.1. The maximum atomic E-state index is 12.5. The van der Waals surface area contributed by atoms with E-state index < -0.39 is 12.0 Å². The van der Waals surface area contributed by atoms with Crippen molar-refractivity contribution in [3.05, 3.63) is 35.4 Å². The number of thioether (sulfide) groups is 1. The van der Waals surface area contributed by atoms with Gasteiger partial charge in [-0.2, -0.15) is 0 Å². The molecule has 1 fully saturated rings. The van der Waals surface area contributed by atoms with Gasteiger partial charge < -0.3 is 15.1 Å². The van der Waals surface area contributed by atoms with E-state index >= 15 is 0 Å². The van der Waals surface area contributed by atoms with E-state index in [0.29, 0.717) is 11.3 Å². The molecule has 2 N–H and O–H groups in total. The van der Waals surface area contributed by atoms with E-state index in [-0.39, 0.29) is 17.9 Å². The second kappa shape index (κ2) is 6.28. The number of nitrogens with zero attached hydrogens (tertiary/aromatic N) is 1. The molecule has 0 radical (unpaired) electrons. The second-order valence-electron chi connectivity index (χ2n) is 4.62. The van der Waals surface area contributed by atoms with E-state index in [1.54, 1.807) is 24.3 Å². The molecule has 6 heteroatoms. The summed E-state index contributed by atoms with van der Waals surface area (Å²) in [7, 11) is 0. The fraction of sp³-hybridized carbons (Fsp3) is 0.429. The molecule has 5 nitrogen and oxygen atoms in total. The zero-order valence-electron chi connectivity index (χ0n) is 11.2. The number of aliphatic hydroxyl groups excluding tert-OH is 1. The van der Waals surface area contributed by atoms with Gasteiger partial charge in [-0.25, -0.2) is 4.79 Å². The minimum absolute atomic E-state index is 0.0800. The number of amides is 1. The van der Waals surface area contributed by atoms with E-state index in [9.17, 15) is 14.7 Å². The summed E-state index contributed by atoms with van der Waals surface area (Å²) in [5, 5.41) is 18.1. The summed E-state index contributed by atoms with van der Waals surface area (Å²) in [5.74, 6) is -0.804. The van der Waals surface area contributed by atoms with E-state index in [0.717, 1.165) is 12.0 Å². The monoisotopic (exact) mass is 295 g/mol. The molecule has 0 saturated carbocycles. The van der Waals surface area contributed by atoms with Crippen molar-refractivity contribution in [1.29, 1.82) is 0 Å². The molecule has 1 aromatic carbocycles. The van der Waals surface area contributed by atoms with Crippen molar-refractivity contribution in [2.75, 3.05) is 5.75 Å². The van der Waals surface area contributed by atoms with Crippen LogP contribution in [0.25, 0.3) is 0 Å². The van der Waals surface area contributed by atoms with Crippen LogP contribution < -0.4 is 0 Å². The number of carbonyl (C=O) groups is 2. The molecule has 0 aromatic heterocycles. The smallest absolute Gasteiger partial charge is 0.327 e. The van der Waals surface area contributed by atoms with Gasteiger partial charge in [-0.15, -0.1) is 11.8 Å². The van der Waals surface area contributed by atoms with Crippen molar-refractivity contribution >= 4 is 23.6 Å². The fourth-order valence-corrected chi connectivity index (χ4v) is 3.59. The Labute approximate surface area is 121 Å². The molecule has 1 aliphatic heterocycles. The van der Waals surface area contributed by atoms with Crippen LogP contribution >= 0.6 is 11.8 Å². The molecule has 1 aliphatic rings. The van der Waals surface area contributed by atoms with Crippen molar-refractivity contribution in [1.82, 2.24) is 4.90 Å². The Hall–Kier alpha value is -1.53. The van der Waals surface area contributed by atoms with Crippen LogP contribution in [0.3, 0.4) is 0 Å². The number of hydrogen-bond donors (Lipinski definition) is 2. The largest absolute Gasteiger partial charge is 0.480 e. The molecule has 0 aliphatic carbocycles. The molecular weight excluding hydrogens is 278 g/mol. The number of aliphatic hydroxyl groups is 1. The summed E-state index contributed by atoms with van der Waals surface area (Å²) in [4.78, 5) is 25.2. The summed E-state index contributed by atoms with van der Waals surface area (Å²) >= 11 is 1.50. The maximum Gasteiger partial charge on any atom is 0.327 e. The van der Waals surface area contributed by atoms with Crippen LogP contribution in [0.1, 0.15) is 29.3 Å². The zero-order valence-corrected chi connectivity index (χ0v) is 12.0. The first-order chi connectivity index (χ1) is 9.58. The number of rotatable bonds is 4.